The topological polar surface area (TPSA) is 59.1 Å². The summed E-state index contributed by atoms with van der Waals surface area (Å²) in [6.07, 6.45) is 3.18. The van der Waals surface area contributed by atoms with Crippen molar-refractivity contribution >= 4 is 10.0 Å². The minimum atomic E-state index is -3.28. The molecule has 0 aliphatic carbocycles. The normalized spacial score (nSPS) is 12.7. The highest BCUT2D eigenvalue weighted by atomic mass is 32.2. The molecule has 0 saturated heterocycles. The van der Waals surface area contributed by atoms with Gasteiger partial charge in [0.2, 0.25) is 10.0 Å². The summed E-state index contributed by atoms with van der Waals surface area (Å²) in [6, 6.07) is 3.47. The predicted molar refractivity (Wildman–Crippen MR) is 59.7 cm³/mol. The molecule has 4 nitrogen and oxygen atoms in total. The van der Waals surface area contributed by atoms with Crippen LogP contribution in [0.15, 0.2) is 24.5 Å². The third kappa shape index (κ3) is 4.90. The molecule has 1 N–H and O–H groups in total. The Balaban J connectivity index is 2.74. The maximum Gasteiger partial charge on any atom is 0.216 e. The number of nitrogens with one attached hydrogen (secondary N) is 1. The van der Waals surface area contributed by atoms with E-state index in [0.29, 0.717) is 5.56 Å². The van der Waals surface area contributed by atoms with Gasteiger partial charge in [-0.1, -0.05) is 6.07 Å². The quantitative estimate of drug-likeness (QED) is 0.848. The minimum Gasteiger partial charge on any atom is -0.264 e. The second-order valence-corrected chi connectivity index (χ2v) is 6.19. The molecule has 0 aliphatic heterocycles. The van der Waals surface area contributed by atoms with E-state index in [9.17, 15) is 8.42 Å². The van der Waals surface area contributed by atoms with Crippen molar-refractivity contribution in [2.24, 2.45) is 0 Å². The molecule has 0 amide bonds. The highest BCUT2D eigenvalue weighted by molar-refractivity contribution is 7.88. The largest absolute Gasteiger partial charge is 0.264 e. The molecule has 0 aromatic carbocycles. The van der Waals surface area contributed by atoms with Crippen molar-refractivity contribution in [2.45, 2.75) is 32.1 Å². The van der Waals surface area contributed by atoms with Crippen molar-refractivity contribution in [1.82, 2.24) is 9.71 Å². The van der Waals surface area contributed by atoms with Gasteiger partial charge < -0.3 is 0 Å². The molecule has 84 valence electrons. The second-order valence-electron chi connectivity index (χ2n) is 4.47. The Hall–Kier alpha value is -0.940. The van der Waals surface area contributed by atoms with E-state index in [-0.39, 0.29) is 5.75 Å². The predicted octanol–water partition coefficient (Wildman–Crippen LogP) is 1.30. The monoisotopic (exact) mass is 228 g/mol. The fraction of sp³-hybridized carbons (Fsp3) is 0.500. The SMILES string of the molecule is CC(C)(C)NS(=O)(=O)Cc1cccnc1. The molecule has 0 saturated carbocycles. The van der Waals surface area contributed by atoms with E-state index in [4.69, 9.17) is 0 Å². The lowest BCUT2D eigenvalue weighted by molar-refractivity contribution is 0.491. The summed E-state index contributed by atoms with van der Waals surface area (Å²) in [4.78, 5) is 3.87. The van der Waals surface area contributed by atoms with E-state index in [0.717, 1.165) is 0 Å². The van der Waals surface area contributed by atoms with Crippen LogP contribution in [0.5, 0.6) is 0 Å². The number of nitrogens with zero attached hydrogens (tertiary/aromatic N) is 1. The fourth-order valence-electron chi connectivity index (χ4n) is 1.21. The Kier molecular flexibility index (Phi) is 3.46. The number of aromatic nitrogens is 1. The van der Waals surface area contributed by atoms with E-state index in [1.54, 1.807) is 24.5 Å². The summed E-state index contributed by atoms with van der Waals surface area (Å²) in [5.74, 6) is -0.0297. The van der Waals surface area contributed by atoms with Crippen LogP contribution in [0.4, 0.5) is 0 Å². The molecule has 0 unspecified atom stereocenters. The lowest BCUT2D eigenvalue weighted by atomic mass is 10.1. The molecular formula is C10H16N2O2S. The van der Waals surface area contributed by atoms with Crippen LogP contribution >= 0.6 is 0 Å². The van der Waals surface area contributed by atoms with Gasteiger partial charge >= 0.3 is 0 Å². The smallest absolute Gasteiger partial charge is 0.216 e. The van der Waals surface area contributed by atoms with Gasteiger partial charge in [-0.05, 0) is 32.4 Å². The third-order valence-electron chi connectivity index (χ3n) is 1.54. The molecule has 1 aromatic rings. The Labute approximate surface area is 90.8 Å². The van der Waals surface area contributed by atoms with Crippen LogP contribution in [-0.4, -0.2) is 18.9 Å². The molecule has 15 heavy (non-hydrogen) atoms. The van der Waals surface area contributed by atoms with Gasteiger partial charge in [0.15, 0.2) is 0 Å². The van der Waals surface area contributed by atoms with E-state index in [1.165, 1.54) is 0 Å². The molecule has 0 aliphatic rings. The summed E-state index contributed by atoms with van der Waals surface area (Å²) in [7, 11) is -3.28. The second kappa shape index (κ2) is 4.28. The lowest BCUT2D eigenvalue weighted by Gasteiger charge is -2.20. The Bertz CT molecular complexity index is 407. The van der Waals surface area contributed by atoms with Crippen molar-refractivity contribution in [3.8, 4) is 0 Å². The number of hydrogen-bond donors (Lipinski definition) is 1. The van der Waals surface area contributed by atoms with Gasteiger partial charge in [0, 0.05) is 17.9 Å². The molecule has 0 atom stereocenters. The fourth-order valence-corrected chi connectivity index (χ4v) is 2.82. The zero-order valence-electron chi connectivity index (χ0n) is 9.19. The molecule has 0 bridgehead atoms. The molecule has 1 heterocycles. The van der Waals surface area contributed by atoms with Gasteiger partial charge in [0.1, 0.15) is 0 Å². The summed E-state index contributed by atoms with van der Waals surface area (Å²) in [6.45, 7) is 5.44. The van der Waals surface area contributed by atoms with Crippen molar-refractivity contribution in [1.29, 1.82) is 0 Å². The number of pyridine rings is 1. The summed E-state index contributed by atoms with van der Waals surface area (Å²) >= 11 is 0. The number of sulfonamides is 1. The minimum absolute atomic E-state index is 0.0297. The molecule has 1 aromatic heterocycles. The molecule has 5 heteroatoms. The highest BCUT2D eigenvalue weighted by Crippen LogP contribution is 2.07. The summed E-state index contributed by atoms with van der Waals surface area (Å²) in [5, 5.41) is 0. The zero-order chi connectivity index (χ0) is 11.5. The van der Waals surface area contributed by atoms with Crippen molar-refractivity contribution in [3.63, 3.8) is 0 Å². The molecule has 0 radical (unpaired) electrons. The van der Waals surface area contributed by atoms with Crippen LogP contribution < -0.4 is 4.72 Å². The van der Waals surface area contributed by atoms with E-state index < -0.39 is 15.6 Å². The average Bonchev–Trinajstić information content (AvgIpc) is 1.99. The van der Waals surface area contributed by atoms with Gasteiger partial charge in [-0.15, -0.1) is 0 Å². The Morgan fingerprint density at radius 2 is 2.07 bits per heavy atom. The highest BCUT2D eigenvalue weighted by Gasteiger charge is 2.19. The van der Waals surface area contributed by atoms with Crippen LogP contribution in [0.2, 0.25) is 0 Å². The van der Waals surface area contributed by atoms with Gasteiger partial charge in [0.25, 0.3) is 0 Å². The van der Waals surface area contributed by atoms with Crippen LogP contribution in [-0.2, 0) is 15.8 Å². The van der Waals surface area contributed by atoms with Gasteiger partial charge in [-0.25, -0.2) is 13.1 Å². The maximum atomic E-state index is 11.7. The Morgan fingerprint density at radius 1 is 1.40 bits per heavy atom. The Morgan fingerprint density at radius 3 is 2.53 bits per heavy atom. The molecule has 1 rings (SSSR count). The van der Waals surface area contributed by atoms with E-state index in [1.807, 2.05) is 20.8 Å². The van der Waals surface area contributed by atoms with Crippen LogP contribution in [0.3, 0.4) is 0 Å². The van der Waals surface area contributed by atoms with E-state index >= 15 is 0 Å². The van der Waals surface area contributed by atoms with Crippen LogP contribution in [0.25, 0.3) is 0 Å². The van der Waals surface area contributed by atoms with Crippen molar-refractivity contribution in [3.05, 3.63) is 30.1 Å². The zero-order valence-corrected chi connectivity index (χ0v) is 10.0. The van der Waals surface area contributed by atoms with Gasteiger partial charge in [-0.3, -0.25) is 4.98 Å². The average molecular weight is 228 g/mol. The first-order chi connectivity index (χ1) is 6.79. The lowest BCUT2D eigenvalue weighted by Crippen LogP contribution is -2.41. The standard InChI is InChI=1S/C10H16N2O2S/c1-10(2,3)12-15(13,14)8-9-5-4-6-11-7-9/h4-7,12H,8H2,1-3H3. The first-order valence-electron chi connectivity index (χ1n) is 4.69. The van der Waals surface area contributed by atoms with Crippen molar-refractivity contribution in [2.75, 3.05) is 0 Å². The van der Waals surface area contributed by atoms with Crippen LogP contribution in [0, 0.1) is 0 Å². The maximum absolute atomic E-state index is 11.7. The van der Waals surface area contributed by atoms with Crippen LogP contribution in [0.1, 0.15) is 26.3 Å². The molecule has 0 fully saturated rings. The number of rotatable bonds is 3. The summed E-state index contributed by atoms with van der Waals surface area (Å²) < 4.78 is 25.9. The van der Waals surface area contributed by atoms with Crippen molar-refractivity contribution < 1.29 is 8.42 Å². The molecule has 0 spiro atoms. The van der Waals surface area contributed by atoms with Gasteiger partial charge in [-0.2, -0.15) is 0 Å². The molecular weight excluding hydrogens is 212 g/mol. The van der Waals surface area contributed by atoms with Gasteiger partial charge in [0.05, 0.1) is 5.75 Å². The van der Waals surface area contributed by atoms with E-state index in [2.05, 4.69) is 9.71 Å². The first-order valence-corrected chi connectivity index (χ1v) is 6.34. The third-order valence-corrected chi connectivity index (χ3v) is 3.18. The first kappa shape index (κ1) is 12.1. The summed E-state index contributed by atoms with van der Waals surface area (Å²) in [5.41, 5.74) is 0.246. The number of hydrogen-bond acceptors (Lipinski definition) is 3.